The molecule has 0 aliphatic heterocycles. The molecule has 0 aliphatic rings. The summed E-state index contributed by atoms with van der Waals surface area (Å²) in [5.41, 5.74) is -0.495. The molecule has 2 aromatic rings. The number of aromatic carboxylic acids is 1. The van der Waals surface area contributed by atoms with Crippen molar-refractivity contribution < 1.29 is 19.7 Å². The Bertz CT molecular complexity index is 716. The number of aryl methyl sites for hydroxylation is 1. The highest BCUT2D eigenvalue weighted by Crippen LogP contribution is 2.19. The number of aromatic hydroxyl groups is 1. The van der Waals surface area contributed by atoms with E-state index in [1.807, 2.05) is 0 Å². The summed E-state index contributed by atoms with van der Waals surface area (Å²) < 4.78 is 6.25. The molecule has 0 fully saturated rings. The largest absolute Gasteiger partial charge is 0.507 e. The monoisotopic (exact) mass is 275 g/mol. The van der Waals surface area contributed by atoms with E-state index < -0.39 is 22.8 Å². The molecular weight excluding hydrogens is 262 g/mol. The van der Waals surface area contributed by atoms with Gasteiger partial charge < -0.3 is 14.9 Å². The molecule has 1 aromatic heterocycles. The van der Waals surface area contributed by atoms with Crippen LogP contribution >= 0.6 is 0 Å². The molecule has 20 heavy (non-hydrogen) atoms. The molecule has 0 saturated carbocycles. The van der Waals surface area contributed by atoms with Gasteiger partial charge in [0.05, 0.1) is 7.11 Å². The van der Waals surface area contributed by atoms with Gasteiger partial charge in [-0.15, -0.1) is 0 Å². The Balaban J connectivity index is 2.70. The van der Waals surface area contributed by atoms with E-state index in [1.165, 1.54) is 17.7 Å². The van der Waals surface area contributed by atoms with Crippen LogP contribution in [0.15, 0.2) is 35.1 Å². The van der Waals surface area contributed by atoms with Gasteiger partial charge >= 0.3 is 5.97 Å². The van der Waals surface area contributed by atoms with Crippen LogP contribution in [0.5, 0.6) is 11.5 Å². The standard InChI is InChI=1S/C14H13NO5/c1-8-7-11(16)12(14(18)19)13(17)15(8)9-3-5-10(20-2)6-4-9/h3-7,16H,1-2H3,(H,18,19). The Labute approximate surface area is 114 Å². The molecule has 6 heteroatoms. The number of benzene rings is 1. The summed E-state index contributed by atoms with van der Waals surface area (Å²) in [6, 6.07) is 7.84. The molecule has 0 atom stereocenters. The number of carbonyl (C=O) groups is 1. The molecule has 2 rings (SSSR count). The van der Waals surface area contributed by atoms with Crippen LogP contribution < -0.4 is 10.3 Å². The molecule has 0 amide bonds. The highest BCUT2D eigenvalue weighted by molar-refractivity contribution is 5.90. The van der Waals surface area contributed by atoms with Gasteiger partial charge in [0.15, 0.2) is 5.56 Å². The van der Waals surface area contributed by atoms with E-state index in [1.54, 1.807) is 31.2 Å². The van der Waals surface area contributed by atoms with E-state index in [2.05, 4.69) is 0 Å². The summed E-state index contributed by atoms with van der Waals surface area (Å²) in [6.07, 6.45) is 0. The number of carboxylic acids is 1. The molecule has 0 saturated heterocycles. The van der Waals surface area contributed by atoms with Gasteiger partial charge in [-0.3, -0.25) is 9.36 Å². The zero-order valence-electron chi connectivity index (χ0n) is 11.0. The zero-order valence-corrected chi connectivity index (χ0v) is 11.0. The summed E-state index contributed by atoms with van der Waals surface area (Å²) in [6.45, 7) is 1.61. The number of nitrogens with zero attached hydrogens (tertiary/aromatic N) is 1. The number of methoxy groups -OCH3 is 1. The smallest absolute Gasteiger partial charge is 0.345 e. The lowest BCUT2D eigenvalue weighted by Crippen LogP contribution is -2.26. The van der Waals surface area contributed by atoms with Gasteiger partial charge in [-0.2, -0.15) is 0 Å². The van der Waals surface area contributed by atoms with Crippen LogP contribution in [0.2, 0.25) is 0 Å². The van der Waals surface area contributed by atoms with Crippen LogP contribution in [0.25, 0.3) is 5.69 Å². The minimum Gasteiger partial charge on any atom is -0.507 e. The molecule has 0 unspecified atom stereocenters. The fourth-order valence-corrected chi connectivity index (χ4v) is 1.97. The third-order valence-electron chi connectivity index (χ3n) is 2.92. The molecule has 104 valence electrons. The number of rotatable bonds is 3. The maximum atomic E-state index is 12.2. The Kier molecular flexibility index (Phi) is 3.47. The van der Waals surface area contributed by atoms with Crippen molar-refractivity contribution in [3.63, 3.8) is 0 Å². The lowest BCUT2D eigenvalue weighted by molar-refractivity contribution is 0.0691. The molecule has 1 heterocycles. The Morgan fingerprint density at radius 1 is 1.25 bits per heavy atom. The fraction of sp³-hybridized carbons (Fsp3) is 0.143. The number of pyridine rings is 1. The van der Waals surface area contributed by atoms with Crippen LogP contribution in [0.4, 0.5) is 0 Å². The Morgan fingerprint density at radius 3 is 2.35 bits per heavy atom. The number of carboxylic acid groups (broad SMARTS) is 1. The maximum Gasteiger partial charge on any atom is 0.345 e. The second-order valence-corrected chi connectivity index (χ2v) is 4.19. The highest BCUT2D eigenvalue weighted by atomic mass is 16.5. The van der Waals surface area contributed by atoms with Crippen molar-refractivity contribution >= 4 is 5.97 Å². The molecule has 0 bridgehead atoms. The second-order valence-electron chi connectivity index (χ2n) is 4.19. The average Bonchev–Trinajstić information content (AvgIpc) is 2.38. The predicted octanol–water partition coefficient (Wildman–Crippen LogP) is 1.56. The van der Waals surface area contributed by atoms with E-state index in [0.717, 1.165) is 0 Å². The first-order valence-electron chi connectivity index (χ1n) is 5.79. The van der Waals surface area contributed by atoms with E-state index in [9.17, 15) is 14.7 Å². The first-order chi connectivity index (χ1) is 9.45. The van der Waals surface area contributed by atoms with Crippen molar-refractivity contribution in [1.82, 2.24) is 4.57 Å². The van der Waals surface area contributed by atoms with E-state index in [4.69, 9.17) is 9.84 Å². The lowest BCUT2D eigenvalue weighted by atomic mass is 10.2. The molecule has 2 N–H and O–H groups in total. The predicted molar refractivity (Wildman–Crippen MR) is 72.0 cm³/mol. The topological polar surface area (TPSA) is 88.8 Å². The molecular formula is C14H13NO5. The van der Waals surface area contributed by atoms with Crippen molar-refractivity contribution in [3.8, 4) is 17.2 Å². The zero-order chi connectivity index (χ0) is 14.9. The highest BCUT2D eigenvalue weighted by Gasteiger charge is 2.19. The van der Waals surface area contributed by atoms with E-state index in [-0.39, 0.29) is 0 Å². The lowest BCUT2D eigenvalue weighted by Gasteiger charge is -2.12. The SMILES string of the molecule is COc1ccc(-n2c(C)cc(O)c(C(=O)O)c2=O)cc1. The van der Waals surface area contributed by atoms with Crippen LogP contribution in [0, 0.1) is 6.92 Å². The first-order valence-corrected chi connectivity index (χ1v) is 5.79. The van der Waals surface area contributed by atoms with Crippen LogP contribution in [-0.4, -0.2) is 27.9 Å². The van der Waals surface area contributed by atoms with Crippen molar-refractivity contribution in [2.24, 2.45) is 0 Å². The normalized spacial score (nSPS) is 10.3. The van der Waals surface area contributed by atoms with Crippen LogP contribution in [0.3, 0.4) is 0 Å². The molecule has 0 aliphatic carbocycles. The van der Waals surface area contributed by atoms with E-state index >= 15 is 0 Å². The van der Waals surface area contributed by atoms with Gasteiger partial charge in [0.2, 0.25) is 0 Å². The maximum absolute atomic E-state index is 12.2. The summed E-state index contributed by atoms with van der Waals surface area (Å²) in [7, 11) is 1.52. The summed E-state index contributed by atoms with van der Waals surface area (Å²) in [4.78, 5) is 23.2. The summed E-state index contributed by atoms with van der Waals surface area (Å²) in [5.74, 6) is -1.38. The number of hydrogen-bond acceptors (Lipinski definition) is 4. The second kappa shape index (κ2) is 5.08. The number of ether oxygens (including phenoxy) is 1. The summed E-state index contributed by atoms with van der Waals surface area (Å²) >= 11 is 0. The quantitative estimate of drug-likeness (QED) is 0.887. The van der Waals surface area contributed by atoms with Crippen molar-refractivity contribution in [2.45, 2.75) is 6.92 Å². The Hall–Kier alpha value is -2.76. The van der Waals surface area contributed by atoms with Crippen LogP contribution in [0.1, 0.15) is 16.1 Å². The van der Waals surface area contributed by atoms with Crippen molar-refractivity contribution in [2.75, 3.05) is 7.11 Å². The minimum atomic E-state index is -1.46. The first kappa shape index (κ1) is 13.7. The van der Waals surface area contributed by atoms with Gasteiger partial charge in [-0.1, -0.05) is 0 Å². The van der Waals surface area contributed by atoms with Gasteiger partial charge in [0.25, 0.3) is 5.56 Å². The van der Waals surface area contributed by atoms with Crippen LogP contribution in [-0.2, 0) is 0 Å². The third kappa shape index (κ3) is 2.23. The van der Waals surface area contributed by atoms with Gasteiger partial charge in [-0.25, -0.2) is 4.79 Å². The van der Waals surface area contributed by atoms with Crippen molar-refractivity contribution in [3.05, 3.63) is 51.9 Å². The summed E-state index contributed by atoms with van der Waals surface area (Å²) in [5, 5.41) is 18.6. The van der Waals surface area contributed by atoms with Crippen molar-refractivity contribution in [1.29, 1.82) is 0 Å². The fourth-order valence-electron chi connectivity index (χ4n) is 1.97. The van der Waals surface area contributed by atoms with Gasteiger partial charge in [0.1, 0.15) is 11.5 Å². The Morgan fingerprint density at radius 2 is 1.85 bits per heavy atom. The number of aromatic nitrogens is 1. The van der Waals surface area contributed by atoms with Gasteiger partial charge in [-0.05, 0) is 31.2 Å². The number of hydrogen-bond donors (Lipinski definition) is 2. The minimum absolute atomic E-state index is 0.433. The molecule has 6 nitrogen and oxygen atoms in total. The molecule has 0 radical (unpaired) electrons. The third-order valence-corrected chi connectivity index (χ3v) is 2.92. The molecule has 0 spiro atoms. The average molecular weight is 275 g/mol. The van der Waals surface area contributed by atoms with Gasteiger partial charge in [0, 0.05) is 17.4 Å². The van der Waals surface area contributed by atoms with E-state index in [0.29, 0.717) is 17.1 Å². The molecule has 1 aromatic carbocycles.